The first-order valence-corrected chi connectivity index (χ1v) is 6.57. The van der Waals surface area contributed by atoms with Crippen LogP contribution in [0.25, 0.3) is 0 Å². The molecule has 2 rings (SSSR count). The van der Waals surface area contributed by atoms with Gasteiger partial charge in [0.15, 0.2) is 0 Å². The second kappa shape index (κ2) is 5.70. The van der Waals surface area contributed by atoms with E-state index in [9.17, 15) is 4.79 Å². The third-order valence-electron chi connectivity index (χ3n) is 2.36. The number of nitrogens with two attached hydrogens (primary N) is 1. The van der Waals surface area contributed by atoms with Crippen LogP contribution in [-0.2, 0) is 0 Å². The van der Waals surface area contributed by atoms with E-state index in [1.54, 1.807) is 10.9 Å². The van der Waals surface area contributed by atoms with Crippen LogP contribution in [0.2, 0.25) is 0 Å². The van der Waals surface area contributed by atoms with Crippen LogP contribution in [0.15, 0.2) is 41.2 Å². The lowest BCUT2D eigenvalue weighted by Gasteiger charge is -2.17. The van der Waals surface area contributed by atoms with E-state index in [2.05, 4.69) is 10.3 Å². The van der Waals surface area contributed by atoms with Crippen LogP contribution < -0.4 is 11.1 Å². The maximum absolute atomic E-state index is 11.9. The van der Waals surface area contributed by atoms with E-state index < -0.39 is 6.04 Å². The van der Waals surface area contributed by atoms with Gasteiger partial charge in [-0.1, -0.05) is 42.5 Å². The highest BCUT2D eigenvalue weighted by Gasteiger charge is 2.18. The van der Waals surface area contributed by atoms with Crippen LogP contribution in [0.4, 0.5) is 0 Å². The maximum atomic E-state index is 11.9. The molecule has 1 unspecified atom stereocenters. The number of thiazole rings is 1. The normalized spacial score (nSPS) is 11.8. The first-order valence-electron chi connectivity index (χ1n) is 5.22. The van der Waals surface area contributed by atoms with E-state index in [0.717, 1.165) is 5.56 Å². The number of nitrogens with zero attached hydrogens (tertiary/aromatic N) is 1. The highest BCUT2D eigenvalue weighted by atomic mass is 32.1. The summed E-state index contributed by atoms with van der Waals surface area (Å²) in [5.41, 5.74) is 8.50. The lowest BCUT2D eigenvalue weighted by molar-refractivity contribution is 0.0942. The van der Waals surface area contributed by atoms with Gasteiger partial charge in [0, 0.05) is 5.38 Å². The molecule has 3 N–H and O–H groups in total. The van der Waals surface area contributed by atoms with Crippen LogP contribution in [0, 0.1) is 0 Å². The molecule has 0 aliphatic heterocycles. The first kappa shape index (κ1) is 12.7. The fourth-order valence-electron chi connectivity index (χ4n) is 1.49. The Labute approximate surface area is 114 Å². The van der Waals surface area contributed by atoms with Crippen LogP contribution >= 0.6 is 23.6 Å². The van der Waals surface area contributed by atoms with Crippen molar-refractivity contribution in [3.05, 3.63) is 52.5 Å². The van der Waals surface area contributed by atoms with E-state index >= 15 is 0 Å². The fraction of sp³-hybridized carbons (Fsp3) is 0.0833. The van der Waals surface area contributed by atoms with Gasteiger partial charge in [-0.05, 0) is 5.56 Å². The summed E-state index contributed by atoms with van der Waals surface area (Å²) in [6.45, 7) is 0. The average molecular weight is 277 g/mol. The molecule has 0 saturated carbocycles. The largest absolute Gasteiger partial charge is 0.391 e. The number of benzene rings is 1. The van der Waals surface area contributed by atoms with Crippen LogP contribution in [0.1, 0.15) is 22.1 Å². The number of hydrogen-bond donors (Lipinski definition) is 2. The summed E-state index contributed by atoms with van der Waals surface area (Å²) in [6, 6.07) is 8.89. The molecule has 1 aromatic carbocycles. The summed E-state index contributed by atoms with van der Waals surface area (Å²) >= 11 is 6.36. The predicted molar refractivity (Wildman–Crippen MR) is 75.5 cm³/mol. The molecular formula is C12H11N3OS2. The number of amides is 1. The van der Waals surface area contributed by atoms with Gasteiger partial charge in [0.1, 0.15) is 16.7 Å². The Bertz CT molecular complexity index is 540. The number of aromatic nitrogens is 1. The third kappa shape index (κ3) is 2.91. The second-order valence-corrected chi connectivity index (χ2v) is 4.78. The van der Waals surface area contributed by atoms with Gasteiger partial charge in [-0.25, -0.2) is 4.98 Å². The Morgan fingerprint density at radius 3 is 2.67 bits per heavy atom. The van der Waals surface area contributed by atoms with Crippen molar-refractivity contribution in [1.29, 1.82) is 0 Å². The number of hydrogen-bond acceptors (Lipinski definition) is 4. The average Bonchev–Trinajstić information content (AvgIpc) is 2.90. The van der Waals surface area contributed by atoms with Crippen molar-refractivity contribution in [2.24, 2.45) is 5.73 Å². The van der Waals surface area contributed by atoms with Crippen LogP contribution in [0.3, 0.4) is 0 Å². The number of nitrogens with one attached hydrogen (secondary N) is 1. The summed E-state index contributed by atoms with van der Waals surface area (Å²) in [5, 5.41) is 4.45. The molecule has 0 saturated heterocycles. The molecule has 4 nitrogen and oxygen atoms in total. The number of thiocarbonyl (C=S) groups is 1. The van der Waals surface area contributed by atoms with E-state index in [-0.39, 0.29) is 10.9 Å². The van der Waals surface area contributed by atoms with Crippen LogP contribution in [0.5, 0.6) is 0 Å². The molecule has 92 valence electrons. The Morgan fingerprint density at radius 1 is 1.39 bits per heavy atom. The van der Waals surface area contributed by atoms with Crippen molar-refractivity contribution in [2.45, 2.75) is 6.04 Å². The predicted octanol–water partition coefficient (Wildman–Crippen LogP) is 1.90. The lowest BCUT2D eigenvalue weighted by Crippen LogP contribution is -2.36. The van der Waals surface area contributed by atoms with Gasteiger partial charge in [-0.3, -0.25) is 4.79 Å². The quantitative estimate of drug-likeness (QED) is 0.838. The molecule has 1 heterocycles. The van der Waals surface area contributed by atoms with Crippen molar-refractivity contribution in [1.82, 2.24) is 10.3 Å². The molecule has 18 heavy (non-hydrogen) atoms. The van der Waals surface area contributed by atoms with E-state index in [4.69, 9.17) is 18.0 Å². The fourth-order valence-corrected chi connectivity index (χ4v) is 2.22. The van der Waals surface area contributed by atoms with E-state index in [1.165, 1.54) is 11.3 Å². The molecule has 6 heteroatoms. The number of carbonyl (C=O) groups excluding carboxylic acids is 1. The van der Waals surface area contributed by atoms with Gasteiger partial charge in [-0.2, -0.15) is 0 Å². The Balaban J connectivity index is 2.18. The summed E-state index contributed by atoms with van der Waals surface area (Å²) in [5.74, 6) is -0.280. The van der Waals surface area contributed by atoms with Crippen molar-refractivity contribution >= 4 is 34.5 Å². The first-order chi connectivity index (χ1) is 8.68. The molecule has 1 atom stereocenters. The maximum Gasteiger partial charge on any atom is 0.271 e. The SMILES string of the molecule is NC(=S)C(NC(=O)c1cscn1)c1ccccc1. The van der Waals surface area contributed by atoms with Gasteiger partial charge >= 0.3 is 0 Å². The highest BCUT2D eigenvalue weighted by Crippen LogP contribution is 2.14. The highest BCUT2D eigenvalue weighted by molar-refractivity contribution is 7.80. The smallest absolute Gasteiger partial charge is 0.271 e. The zero-order valence-electron chi connectivity index (χ0n) is 9.37. The topological polar surface area (TPSA) is 68.0 Å². The Hall–Kier alpha value is -1.79. The van der Waals surface area contributed by atoms with Gasteiger partial charge in [-0.15, -0.1) is 11.3 Å². The standard InChI is InChI=1S/C12H11N3OS2/c13-11(17)10(8-4-2-1-3-5-8)15-12(16)9-6-18-7-14-9/h1-7,10H,(H2,13,17)(H,15,16). The molecule has 1 aromatic heterocycles. The molecule has 0 aliphatic carbocycles. The molecule has 0 aliphatic rings. The minimum absolute atomic E-state index is 0.227. The Kier molecular flexibility index (Phi) is 4.01. The number of carbonyl (C=O) groups is 1. The molecule has 1 amide bonds. The van der Waals surface area contributed by atoms with Crippen LogP contribution in [-0.4, -0.2) is 15.9 Å². The van der Waals surface area contributed by atoms with Gasteiger partial charge in [0.25, 0.3) is 5.91 Å². The molecule has 0 radical (unpaired) electrons. The zero-order valence-corrected chi connectivity index (χ0v) is 11.0. The van der Waals surface area contributed by atoms with E-state index in [0.29, 0.717) is 5.69 Å². The zero-order chi connectivity index (χ0) is 13.0. The molecule has 0 bridgehead atoms. The van der Waals surface area contributed by atoms with Crippen molar-refractivity contribution < 1.29 is 4.79 Å². The monoisotopic (exact) mass is 277 g/mol. The summed E-state index contributed by atoms with van der Waals surface area (Å²) in [7, 11) is 0. The second-order valence-electron chi connectivity index (χ2n) is 3.59. The van der Waals surface area contributed by atoms with Gasteiger partial charge in [0.2, 0.25) is 0 Å². The summed E-state index contributed by atoms with van der Waals surface area (Å²) in [4.78, 5) is 16.1. The summed E-state index contributed by atoms with van der Waals surface area (Å²) in [6.07, 6.45) is 0. The minimum Gasteiger partial charge on any atom is -0.391 e. The van der Waals surface area contributed by atoms with Crippen molar-refractivity contribution in [3.8, 4) is 0 Å². The molecule has 0 spiro atoms. The van der Waals surface area contributed by atoms with Gasteiger partial charge in [0.05, 0.1) is 5.51 Å². The molecule has 0 fully saturated rings. The molecular weight excluding hydrogens is 266 g/mol. The summed E-state index contributed by atoms with van der Waals surface area (Å²) < 4.78 is 0. The Morgan fingerprint density at radius 2 is 2.11 bits per heavy atom. The molecule has 2 aromatic rings. The van der Waals surface area contributed by atoms with E-state index in [1.807, 2.05) is 30.3 Å². The minimum atomic E-state index is -0.476. The third-order valence-corrected chi connectivity index (χ3v) is 3.18. The number of rotatable bonds is 4. The van der Waals surface area contributed by atoms with Gasteiger partial charge < -0.3 is 11.1 Å². The van der Waals surface area contributed by atoms with Crippen molar-refractivity contribution in [3.63, 3.8) is 0 Å². The van der Waals surface area contributed by atoms with Crippen molar-refractivity contribution in [2.75, 3.05) is 0 Å². The lowest BCUT2D eigenvalue weighted by atomic mass is 10.1.